The molecule has 0 unspecified atom stereocenters. The number of amides is 1. The first-order valence-corrected chi connectivity index (χ1v) is 14.7. The van der Waals surface area contributed by atoms with Crippen LogP contribution < -0.4 is 4.90 Å². The van der Waals surface area contributed by atoms with E-state index in [9.17, 15) is 27.9 Å². The lowest BCUT2D eigenvalue weighted by Crippen LogP contribution is -2.43. The number of pyridine rings is 1. The minimum Gasteiger partial charge on any atom is -0.478 e. The molecule has 2 heterocycles. The smallest absolute Gasteiger partial charge is 0.416 e. The maximum Gasteiger partial charge on any atom is 0.416 e. The highest BCUT2D eigenvalue weighted by molar-refractivity contribution is 6.03. The van der Waals surface area contributed by atoms with E-state index >= 15 is 0 Å². The van der Waals surface area contributed by atoms with Crippen molar-refractivity contribution < 1.29 is 27.9 Å². The molecule has 0 saturated heterocycles. The molecule has 43 heavy (non-hydrogen) atoms. The number of anilines is 1. The van der Waals surface area contributed by atoms with Gasteiger partial charge in [0.15, 0.2) is 0 Å². The van der Waals surface area contributed by atoms with E-state index in [1.54, 1.807) is 40.1 Å². The van der Waals surface area contributed by atoms with Gasteiger partial charge in [0, 0.05) is 36.5 Å². The number of carbonyl (C=O) groups is 2. The first-order chi connectivity index (χ1) is 20.4. The van der Waals surface area contributed by atoms with Crippen LogP contribution in [-0.2, 0) is 23.9 Å². The van der Waals surface area contributed by atoms with Gasteiger partial charge in [-0.3, -0.25) is 4.79 Å². The van der Waals surface area contributed by atoms with E-state index < -0.39 is 17.7 Å². The highest BCUT2D eigenvalue weighted by Crippen LogP contribution is 2.36. The second-order valence-corrected chi connectivity index (χ2v) is 11.9. The highest BCUT2D eigenvalue weighted by atomic mass is 19.4. The van der Waals surface area contributed by atoms with Crippen molar-refractivity contribution >= 4 is 17.6 Å². The Labute approximate surface area is 249 Å². The number of hydrogen-bond acceptors (Lipinski definition) is 3. The van der Waals surface area contributed by atoms with Crippen LogP contribution in [-0.4, -0.2) is 32.6 Å². The maximum absolute atomic E-state index is 14.3. The molecule has 1 saturated carbocycles. The summed E-state index contributed by atoms with van der Waals surface area (Å²) in [5.41, 5.74) is 1.25. The summed E-state index contributed by atoms with van der Waals surface area (Å²) in [6, 6.07) is 14.1. The Balaban J connectivity index is 1.44. The fraction of sp³-hybridized carbons (Fsp3) is 0.382. The number of aromatic carboxylic acids is 1. The predicted molar refractivity (Wildman–Crippen MR) is 159 cm³/mol. The van der Waals surface area contributed by atoms with Crippen LogP contribution in [0.25, 0.3) is 11.4 Å². The van der Waals surface area contributed by atoms with E-state index in [0.29, 0.717) is 22.9 Å². The molecule has 0 radical (unpaired) electrons. The van der Waals surface area contributed by atoms with E-state index in [-0.39, 0.29) is 47.6 Å². The number of hydrogen-bond donors (Lipinski definition) is 1. The van der Waals surface area contributed by atoms with Gasteiger partial charge in [0.1, 0.15) is 5.82 Å². The number of fused-ring (bicyclic) bond motifs is 1. The summed E-state index contributed by atoms with van der Waals surface area (Å²) in [5, 5.41) is 10.1. The Morgan fingerprint density at radius 2 is 1.74 bits per heavy atom. The summed E-state index contributed by atoms with van der Waals surface area (Å²) in [5.74, 6) is -0.253. The standard InChI is InChI=1S/C34H36F3N3O3/c1-21(2)40(32(41)26-10-6-22(3)7-11-26)30-13-9-23(18-28(30)33(42)43)17-27-12-8-24(19-29(27)34(35,36)37)20-39-16-4-5-25-14-15-38-31(25)39/h4-5,8-9,12-16,18-19,21-22,26H,6-7,10-11,17,20H2,1-3H3,(H,42,43)/t22-,26-. The third kappa shape index (κ3) is 6.60. The molecule has 0 bridgehead atoms. The molecule has 9 heteroatoms. The zero-order valence-corrected chi connectivity index (χ0v) is 24.6. The van der Waals surface area contributed by atoms with Gasteiger partial charge in [0.2, 0.25) is 5.91 Å². The summed E-state index contributed by atoms with van der Waals surface area (Å²) < 4.78 is 44.6. The minimum absolute atomic E-state index is 0.0445. The fourth-order valence-electron chi connectivity index (χ4n) is 6.14. The molecule has 0 atom stereocenters. The largest absolute Gasteiger partial charge is 0.478 e. The van der Waals surface area contributed by atoms with Gasteiger partial charge in [-0.2, -0.15) is 13.2 Å². The normalized spacial score (nSPS) is 17.4. The van der Waals surface area contributed by atoms with Gasteiger partial charge in [-0.15, -0.1) is 0 Å². The van der Waals surface area contributed by atoms with Gasteiger partial charge >= 0.3 is 12.1 Å². The van der Waals surface area contributed by atoms with Crippen molar-refractivity contribution in [3.8, 4) is 11.4 Å². The van der Waals surface area contributed by atoms with E-state index in [0.717, 1.165) is 37.3 Å². The third-order valence-electron chi connectivity index (χ3n) is 8.42. The molecule has 3 aliphatic rings. The average Bonchev–Trinajstić information content (AvgIpc) is 3.44. The summed E-state index contributed by atoms with van der Waals surface area (Å²) in [7, 11) is 0. The Kier molecular flexibility index (Phi) is 8.62. The number of aromatic nitrogens is 2. The average molecular weight is 592 g/mol. The summed E-state index contributed by atoms with van der Waals surface area (Å²) >= 11 is 0. The van der Waals surface area contributed by atoms with Crippen LogP contribution >= 0.6 is 0 Å². The lowest BCUT2D eigenvalue weighted by atomic mass is 9.82. The Hall–Kier alpha value is -4.14. The Bertz CT molecular complexity index is 1590. The van der Waals surface area contributed by atoms with E-state index in [1.165, 1.54) is 12.1 Å². The monoisotopic (exact) mass is 591 g/mol. The molecule has 0 spiro atoms. The van der Waals surface area contributed by atoms with Crippen LogP contribution in [0.1, 0.15) is 79.1 Å². The molecule has 1 N–H and O–H groups in total. The number of halogens is 3. The number of rotatable bonds is 8. The zero-order valence-electron chi connectivity index (χ0n) is 24.6. The minimum atomic E-state index is -4.60. The van der Waals surface area contributed by atoms with Crippen LogP contribution in [0.4, 0.5) is 18.9 Å². The van der Waals surface area contributed by atoms with Crippen LogP contribution in [0.2, 0.25) is 0 Å². The van der Waals surface area contributed by atoms with Crippen molar-refractivity contribution in [3.05, 3.63) is 94.8 Å². The first kappa shape index (κ1) is 30.3. The first-order valence-electron chi connectivity index (χ1n) is 14.7. The van der Waals surface area contributed by atoms with Gasteiger partial charge in [0.05, 0.1) is 16.8 Å². The topological polar surface area (TPSA) is 75.4 Å². The Morgan fingerprint density at radius 1 is 1.02 bits per heavy atom. The number of carboxylic acids is 1. The lowest BCUT2D eigenvalue weighted by molar-refractivity contribution is -0.138. The van der Waals surface area contributed by atoms with Crippen LogP contribution in [0, 0.1) is 11.8 Å². The van der Waals surface area contributed by atoms with Crippen molar-refractivity contribution in [2.24, 2.45) is 11.8 Å². The molecule has 2 aliphatic heterocycles. The molecule has 226 valence electrons. The molecule has 1 aliphatic carbocycles. The van der Waals surface area contributed by atoms with E-state index in [1.807, 2.05) is 32.0 Å². The summed E-state index contributed by atoms with van der Waals surface area (Å²) in [4.78, 5) is 31.8. The second-order valence-electron chi connectivity index (χ2n) is 11.9. The van der Waals surface area contributed by atoms with Crippen molar-refractivity contribution in [2.45, 2.75) is 71.6 Å². The molecule has 2 aromatic carbocycles. The SMILES string of the molecule is CC(C)N(c1ccc(Cc2ccc(Cn3cccc4ccnc3-4)cc2C(F)(F)F)cc1C(=O)O)C(=O)[C@H]1CC[C@H](C)CC1. The van der Waals surface area contributed by atoms with Crippen molar-refractivity contribution in [1.82, 2.24) is 9.55 Å². The molecule has 6 nitrogen and oxygen atoms in total. The predicted octanol–water partition coefficient (Wildman–Crippen LogP) is 7.91. The van der Waals surface area contributed by atoms with Crippen LogP contribution in [0.3, 0.4) is 0 Å². The van der Waals surface area contributed by atoms with Gasteiger partial charge in [-0.1, -0.05) is 25.1 Å². The van der Waals surface area contributed by atoms with Crippen molar-refractivity contribution in [2.75, 3.05) is 4.90 Å². The van der Waals surface area contributed by atoms with Gasteiger partial charge < -0.3 is 14.6 Å². The highest BCUT2D eigenvalue weighted by Gasteiger charge is 2.35. The number of nitrogens with zero attached hydrogens (tertiary/aromatic N) is 3. The summed E-state index contributed by atoms with van der Waals surface area (Å²) in [6.45, 7) is 6.06. The molecule has 5 rings (SSSR count). The Morgan fingerprint density at radius 3 is 2.42 bits per heavy atom. The number of carbonyl (C=O) groups excluding carboxylic acids is 1. The number of benzene rings is 2. The number of carboxylic acid groups (broad SMARTS) is 1. The molecule has 1 fully saturated rings. The quantitative estimate of drug-likeness (QED) is 0.226. The van der Waals surface area contributed by atoms with Gasteiger partial charge in [0.25, 0.3) is 0 Å². The second kappa shape index (κ2) is 12.2. The van der Waals surface area contributed by atoms with Crippen LogP contribution in [0.5, 0.6) is 0 Å². The molecular weight excluding hydrogens is 555 g/mol. The molecule has 1 amide bonds. The van der Waals surface area contributed by atoms with Crippen molar-refractivity contribution in [3.63, 3.8) is 0 Å². The lowest BCUT2D eigenvalue weighted by Gasteiger charge is -2.34. The van der Waals surface area contributed by atoms with E-state index in [4.69, 9.17) is 0 Å². The van der Waals surface area contributed by atoms with Gasteiger partial charge in [-0.25, -0.2) is 9.78 Å². The molecule has 0 aromatic heterocycles. The van der Waals surface area contributed by atoms with Crippen LogP contribution in [0.15, 0.2) is 67.0 Å². The fourth-order valence-corrected chi connectivity index (χ4v) is 6.14. The molecular formula is C34H36F3N3O3. The van der Waals surface area contributed by atoms with Gasteiger partial charge in [-0.05, 0) is 105 Å². The zero-order chi connectivity index (χ0) is 30.9. The molecule has 2 aromatic rings. The third-order valence-corrected chi connectivity index (χ3v) is 8.42. The number of alkyl halides is 3. The maximum atomic E-state index is 14.3. The summed E-state index contributed by atoms with van der Waals surface area (Å²) in [6.07, 6.45) is 2.15. The van der Waals surface area contributed by atoms with Crippen molar-refractivity contribution in [1.29, 1.82) is 0 Å². The van der Waals surface area contributed by atoms with E-state index in [2.05, 4.69) is 11.9 Å².